The van der Waals surface area contributed by atoms with Crippen LogP contribution in [0.15, 0.2) is 28.0 Å². The summed E-state index contributed by atoms with van der Waals surface area (Å²) in [6.45, 7) is 0. The third-order valence-electron chi connectivity index (χ3n) is 1.23. The minimum Gasteiger partial charge on any atom is -0.398 e. The molecular formula is C7H9NS2Zn. The molecule has 4 heteroatoms. The van der Waals surface area contributed by atoms with Crippen LogP contribution in [0.3, 0.4) is 0 Å². The molecule has 0 radical (unpaired) electrons. The van der Waals surface area contributed by atoms with Crippen LogP contribution in [0.5, 0.6) is 0 Å². The normalized spacial score (nSPS) is 8.91. The number of thioether (sulfide) groups is 1. The van der Waals surface area contributed by atoms with Gasteiger partial charge in [0.1, 0.15) is 0 Å². The topological polar surface area (TPSA) is 26.0 Å². The van der Waals surface area contributed by atoms with Crippen LogP contribution in [-0.4, -0.2) is 6.26 Å². The number of nitrogens with two attached hydrogens (primary N) is 1. The van der Waals surface area contributed by atoms with Gasteiger partial charge in [0.05, 0.1) is 0 Å². The van der Waals surface area contributed by atoms with Crippen molar-refractivity contribution >= 4 is 30.1 Å². The van der Waals surface area contributed by atoms with Gasteiger partial charge in [0.15, 0.2) is 0 Å². The van der Waals surface area contributed by atoms with Gasteiger partial charge in [-0.05, 0) is 24.5 Å². The summed E-state index contributed by atoms with van der Waals surface area (Å²) in [5.74, 6) is 0. The van der Waals surface area contributed by atoms with Crippen molar-refractivity contribution in [2.45, 2.75) is 9.79 Å². The Morgan fingerprint density at radius 1 is 1.45 bits per heavy atom. The largest absolute Gasteiger partial charge is 0.398 e. The van der Waals surface area contributed by atoms with Crippen molar-refractivity contribution < 1.29 is 19.5 Å². The maximum absolute atomic E-state index is 5.61. The Balaban J connectivity index is 0.000001000. The second-order valence-electron chi connectivity index (χ2n) is 1.92. The molecule has 11 heavy (non-hydrogen) atoms. The average Bonchev–Trinajstić information content (AvgIpc) is 1.95. The fourth-order valence-corrected chi connectivity index (χ4v) is 1.25. The van der Waals surface area contributed by atoms with Crippen LogP contribution < -0.4 is 5.73 Å². The van der Waals surface area contributed by atoms with E-state index in [0.717, 1.165) is 10.6 Å². The van der Waals surface area contributed by atoms with Crippen LogP contribution in [0.1, 0.15) is 0 Å². The van der Waals surface area contributed by atoms with E-state index >= 15 is 0 Å². The van der Waals surface area contributed by atoms with Gasteiger partial charge in [-0.2, -0.15) is 0 Å². The molecule has 0 aliphatic rings. The van der Waals surface area contributed by atoms with Crippen molar-refractivity contribution in [3.63, 3.8) is 0 Å². The van der Waals surface area contributed by atoms with E-state index in [4.69, 9.17) is 5.73 Å². The van der Waals surface area contributed by atoms with Crippen molar-refractivity contribution in [2.24, 2.45) is 0 Å². The fourth-order valence-electron chi connectivity index (χ4n) is 0.660. The second kappa shape index (κ2) is 5.07. The third kappa shape index (κ3) is 3.06. The van der Waals surface area contributed by atoms with Crippen LogP contribution in [-0.2, 0) is 19.5 Å². The molecule has 1 nitrogen and oxygen atoms in total. The zero-order valence-corrected chi connectivity index (χ0v) is 11.1. The van der Waals surface area contributed by atoms with Gasteiger partial charge in [-0.1, -0.05) is 0 Å². The molecule has 1 aromatic rings. The van der Waals surface area contributed by atoms with E-state index in [1.807, 2.05) is 24.5 Å². The molecular weight excluding hydrogens is 228 g/mol. The first-order valence-electron chi connectivity index (χ1n) is 2.86. The minimum absolute atomic E-state index is 0. The summed E-state index contributed by atoms with van der Waals surface area (Å²) >= 11 is 5.83. The summed E-state index contributed by atoms with van der Waals surface area (Å²) < 4.78 is 0. The van der Waals surface area contributed by atoms with Crippen molar-refractivity contribution in [2.75, 3.05) is 12.0 Å². The standard InChI is InChI=1S/C7H9NS2.Zn/c1-10-5-2-3-7(9)6(8)4-5;/h2-4,9H,8H2,1H3;. The Kier molecular flexibility index (Phi) is 5.23. The Bertz CT molecular complexity index is 240. The zero-order valence-electron chi connectivity index (χ0n) is 6.37. The molecule has 0 amide bonds. The Labute approximate surface area is 89.3 Å². The number of anilines is 1. The van der Waals surface area contributed by atoms with E-state index in [-0.39, 0.29) is 19.5 Å². The number of thiol groups is 1. The quantitative estimate of drug-likeness (QED) is 0.339. The first-order valence-corrected chi connectivity index (χ1v) is 4.53. The van der Waals surface area contributed by atoms with Crippen molar-refractivity contribution in [1.82, 2.24) is 0 Å². The molecule has 0 aliphatic carbocycles. The predicted molar refractivity (Wildman–Crippen MR) is 49.9 cm³/mol. The number of nitrogen functional groups attached to an aromatic ring is 1. The van der Waals surface area contributed by atoms with Gasteiger partial charge in [-0.3, -0.25) is 0 Å². The molecule has 0 saturated carbocycles. The number of benzene rings is 1. The molecule has 0 fully saturated rings. The molecule has 0 aromatic heterocycles. The molecule has 0 bridgehead atoms. The van der Waals surface area contributed by atoms with Gasteiger partial charge >= 0.3 is 0 Å². The summed E-state index contributed by atoms with van der Waals surface area (Å²) in [6, 6.07) is 5.83. The molecule has 0 saturated heterocycles. The van der Waals surface area contributed by atoms with Crippen LogP contribution in [0.4, 0.5) is 5.69 Å². The monoisotopic (exact) mass is 235 g/mol. The maximum Gasteiger partial charge on any atom is 0.0460 e. The van der Waals surface area contributed by atoms with Gasteiger partial charge in [-0.25, -0.2) is 0 Å². The number of hydrogen-bond donors (Lipinski definition) is 2. The summed E-state index contributed by atoms with van der Waals surface area (Å²) in [4.78, 5) is 2.02. The van der Waals surface area contributed by atoms with Crippen LogP contribution in [0, 0.1) is 0 Å². The minimum atomic E-state index is 0. The molecule has 56 valence electrons. The molecule has 1 rings (SSSR count). The smallest absolute Gasteiger partial charge is 0.0460 e. The zero-order chi connectivity index (χ0) is 7.56. The van der Waals surface area contributed by atoms with Gasteiger partial charge in [0.25, 0.3) is 0 Å². The maximum atomic E-state index is 5.61. The van der Waals surface area contributed by atoms with Crippen molar-refractivity contribution in [1.29, 1.82) is 0 Å². The van der Waals surface area contributed by atoms with Crippen molar-refractivity contribution in [3.8, 4) is 0 Å². The van der Waals surface area contributed by atoms with E-state index in [1.54, 1.807) is 11.8 Å². The predicted octanol–water partition coefficient (Wildman–Crippen LogP) is 2.28. The summed E-state index contributed by atoms with van der Waals surface area (Å²) in [7, 11) is 0. The fraction of sp³-hybridized carbons (Fsp3) is 0.143. The molecule has 0 aliphatic heterocycles. The summed E-state index contributed by atoms with van der Waals surface area (Å²) in [5.41, 5.74) is 6.35. The van der Waals surface area contributed by atoms with E-state index in [2.05, 4.69) is 12.6 Å². The molecule has 0 heterocycles. The average molecular weight is 237 g/mol. The van der Waals surface area contributed by atoms with Gasteiger partial charge in [-0.15, -0.1) is 24.4 Å². The van der Waals surface area contributed by atoms with E-state index in [1.165, 1.54) is 4.90 Å². The summed E-state index contributed by atoms with van der Waals surface area (Å²) in [5, 5.41) is 0. The van der Waals surface area contributed by atoms with Crippen LogP contribution >= 0.6 is 24.4 Å². The number of hydrogen-bond acceptors (Lipinski definition) is 3. The van der Waals surface area contributed by atoms with E-state index in [0.29, 0.717) is 0 Å². The van der Waals surface area contributed by atoms with Crippen LogP contribution in [0.2, 0.25) is 0 Å². The molecule has 2 N–H and O–H groups in total. The van der Waals surface area contributed by atoms with Gasteiger partial charge in [0, 0.05) is 35.0 Å². The van der Waals surface area contributed by atoms with E-state index in [9.17, 15) is 0 Å². The third-order valence-corrected chi connectivity index (χ3v) is 2.37. The molecule has 0 spiro atoms. The second-order valence-corrected chi connectivity index (χ2v) is 3.29. The van der Waals surface area contributed by atoms with Crippen LogP contribution in [0.25, 0.3) is 0 Å². The van der Waals surface area contributed by atoms with Crippen molar-refractivity contribution in [3.05, 3.63) is 18.2 Å². The SMILES string of the molecule is CSc1ccc(S)c(N)c1.[Zn]. The molecule has 0 atom stereocenters. The first kappa shape index (κ1) is 11.3. The van der Waals surface area contributed by atoms with Gasteiger partial charge in [0.2, 0.25) is 0 Å². The Morgan fingerprint density at radius 3 is 2.55 bits per heavy atom. The molecule has 1 aromatic carbocycles. The summed E-state index contributed by atoms with van der Waals surface area (Å²) in [6.07, 6.45) is 2.02. The molecule has 0 unspecified atom stereocenters. The van der Waals surface area contributed by atoms with E-state index < -0.39 is 0 Å². The Morgan fingerprint density at radius 2 is 2.09 bits per heavy atom. The van der Waals surface area contributed by atoms with Gasteiger partial charge < -0.3 is 5.73 Å². The number of rotatable bonds is 1. The first-order chi connectivity index (χ1) is 4.74. The Hall–Kier alpha value is 0.343.